The van der Waals surface area contributed by atoms with Crippen molar-refractivity contribution in [3.8, 4) is 0 Å². The van der Waals surface area contributed by atoms with Crippen molar-refractivity contribution in [1.82, 2.24) is 5.32 Å². The smallest absolute Gasteiger partial charge is 0.126 e. The molecule has 19 heavy (non-hydrogen) atoms. The highest BCUT2D eigenvalue weighted by Crippen LogP contribution is 2.28. The third kappa shape index (κ3) is 5.68. The maximum atomic E-state index is 13.3. The average Bonchev–Trinajstić information content (AvgIpc) is 3.21. The van der Waals surface area contributed by atoms with Gasteiger partial charge >= 0.3 is 0 Å². The molecular formula is C15H22FNO2. The lowest BCUT2D eigenvalue weighted by molar-refractivity contribution is 0.0327. The van der Waals surface area contributed by atoms with Crippen LogP contribution in [0.1, 0.15) is 18.4 Å². The van der Waals surface area contributed by atoms with E-state index in [1.54, 1.807) is 12.1 Å². The van der Waals surface area contributed by atoms with Gasteiger partial charge in [0.15, 0.2) is 0 Å². The van der Waals surface area contributed by atoms with E-state index in [0.717, 1.165) is 12.5 Å². The molecule has 2 N–H and O–H groups in total. The first kappa shape index (κ1) is 14.4. The number of benzene rings is 1. The van der Waals surface area contributed by atoms with Crippen molar-refractivity contribution in [3.63, 3.8) is 0 Å². The molecule has 1 atom stereocenters. The number of aliphatic hydroxyl groups is 1. The highest BCUT2D eigenvalue weighted by molar-refractivity contribution is 5.17. The van der Waals surface area contributed by atoms with Crippen molar-refractivity contribution in [2.45, 2.75) is 25.4 Å². The summed E-state index contributed by atoms with van der Waals surface area (Å²) in [7, 11) is 0. The van der Waals surface area contributed by atoms with Crippen LogP contribution in [0.3, 0.4) is 0 Å². The van der Waals surface area contributed by atoms with E-state index >= 15 is 0 Å². The van der Waals surface area contributed by atoms with Crippen LogP contribution in [-0.4, -0.2) is 37.5 Å². The van der Waals surface area contributed by atoms with Crippen molar-refractivity contribution in [2.75, 3.05) is 26.3 Å². The molecule has 1 aliphatic rings. The standard InChI is InChI=1S/C15H22FNO2/c16-15-4-2-1-3-13(15)7-8-17-9-14(18)11-19-10-12-5-6-12/h1-4,12,14,17-18H,5-11H2. The number of aliphatic hydroxyl groups excluding tert-OH is 1. The van der Waals surface area contributed by atoms with Crippen LogP contribution in [0.2, 0.25) is 0 Å². The molecule has 0 radical (unpaired) electrons. The summed E-state index contributed by atoms with van der Waals surface area (Å²) in [6, 6.07) is 6.77. The molecule has 0 amide bonds. The van der Waals surface area contributed by atoms with E-state index < -0.39 is 6.10 Å². The number of nitrogens with one attached hydrogen (secondary N) is 1. The minimum atomic E-state index is -0.487. The zero-order valence-corrected chi connectivity index (χ0v) is 11.1. The van der Waals surface area contributed by atoms with Gasteiger partial charge in [-0.2, -0.15) is 0 Å². The number of halogens is 1. The highest BCUT2D eigenvalue weighted by atomic mass is 19.1. The van der Waals surface area contributed by atoms with Gasteiger partial charge in [-0.3, -0.25) is 0 Å². The molecular weight excluding hydrogens is 245 g/mol. The zero-order chi connectivity index (χ0) is 13.5. The van der Waals surface area contributed by atoms with Gasteiger partial charge in [-0.15, -0.1) is 0 Å². The lowest BCUT2D eigenvalue weighted by Gasteiger charge is -2.12. The lowest BCUT2D eigenvalue weighted by atomic mass is 10.1. The summed E-state index contributed by atoms with van der Waals surface area (Å²) in [5.74, 6) is 0.554. The first-order chi connectivity index (χ1) is 9.25. The van der Waals surface area contributed by atoms with Gasteiger partial charge in [-0.25, -0.2) is 4.39 Å². The second-order valence-electron chi connectivity index (χ2n) is 5.18. The van der Waals surface area contributed by atoms with E-state index in [2.05, 4.69) is 5.32 Å². The van der Waals surface area contributed by atoms with Gasteiger partial charge in [-0.05, 0) is 43.4 Å². The predicted molar refractivity (Wildman–Crippen MR) is 72.5 cm³/mol. The number of hydrogen-bond acceptors (Lipinski definition) is 3. The van der Waals surface area contributed by atoms with Crippen LogP contribution in [0, 0.1) is 11.7 Å². The Balaban J connectivity index is 1.52. The summed E-state index contributed by atoms with van der Waals surface area (Å²) in [5, 5.41) is 12.8. The molecule has 2 rings (SSSR count). The third-order valence-electron chi connectivity index (χ3n) is 3.27. The summed E-state index contributed by atoms with van der Waals surface area (Å²) >= 11 is 0. The quantitative estimate of drug-likeness (QED) is 0.670. The third-order valence-corrected chi connectivity index (χ3v) is 3.27. The Morgan fingerprint density at radius 2 is 2.16 bits per heavy atom. The Hall–Kier alpha value is -0.970. The molecule has 3 nitrogen and oxygen atoms in total. The molecule has 0 heterocycles. The summed E-state index contributed by atoms with van der Waals surface area (Å²) in [4.78, 5) is 0. The van der Waals surface area contributed by atoms with E-state index in [4.69, 9.17) is 4.74 Å². The van der Waals surface area contributed by atoms with Crippen molar-refractivity contribution in [1.29, 1.82) is 0 Å². The van der Waals surface area contributed by atoms with Crippen molar-refractivity contribution in [2.24, 2.45) is 5.92 Å². The van der Waals surface area contributed by atoms with Gasteiger partial charge in [-0.1, -0.05) is 18.2 Å². The van der Waals surface area contributed by atoms with Crippen LogP contribution in [-0.2, 0) is 11.2 Å². The largest absolute Gasteiger partial charge is 0.389 e. The van der Waals surface area contributed by atoms with Crippen LogP contribution in [0.5, 0.6) is 0 Å². The van der Waals surface area contributed by atoms with Crippen molar-refractivity contribution < 1.29 is 14.2 Å². The second kappa shape index (κ2) is 7.58. The van der Waals surface area contributed by atoms with Crippen LogP contribution in [0.4, 0.5) is 4.39 Å². The molecule has 0 aromatic heterocycles. The normalized spacial score (nSPS) is 16.5. The number of hydrogen-bond donors (Lipinski definition) is 2. The van der Waals surface area contributed by atoms with E-state index in [1.165, 1.54) is 18.9 Å². The van der Waals surface area contributed by atoms with Crippen LogP contribution >= 0.6 is 0 Å². The van der Waals surface area contributed by atoms with Crippen molar-refractivity contribution >= 4 is 0 Å². The van der Waals surface area contributed by atoms with E-state index in [1.807, 2.05) is 6.07 Å². The fraction of sp³-hybridized carbons (Fsp3) is 0.600. The van der Waals surface area contributed by atoms with E-state index in [-0.39, 0.29) is 5.82 Å². The number of ether oxygens (including phenoxy) is 1. The molecule has 1 aromatic rings. The SMILES string of the molecule is OC(CNCCc1ccccc1F)COCC1CC1. The molecule has 0 aliphatic heterocycles. The Bertz CT molecular complexity index is 382. The van der Waals surface area contributed by atoms with Crippen LogP contribution in [0.25, 0.3) is 0 Å². The van der Waals surface area contributed by atoms with E-state index in [9.17, 15) is 9.50 Å². The zero-order valence-electron chi connectivity index (χ0n) is 11.1. The first-order valence-electron chi connectivity index (χ1n) is 6.95. The number of rotatable bonds is 9. The van der Waals surface area contributed by atoms with Gasteiger partial charge in [0.1, 0.15) is 5.82 Å². The highest BCUT2D eigenvalue weighted by Gasteiger charge is 2.21. The van der Waals surface area contributed by atoms with Gasteiger partial charge in [0, 0.05) is 13.2 Å². The molecule has 1 aromatic carbocycles. The molecule has 1 fully saturated rings. The topological polar surface area (TPSA) is 41.5 Å². The van der Waals surface area contributed by atoms with E-state index in [0.29, 0.717) is 31.7 Å². The molecule has 106 valence electrons. The fourth-order valence-electron chi connectivity index (χ4n) is 1.91. The summed E-state index contributed by atoms with van der Waals surface area (Å²) in [6.45, 7) is 2.29. The van der Waals surface area contributed by atoms with Crippen molar-refractivity contribution in [3.05, 3.63) is 35.6 Å². The maximum absolute atomic E-state index is 13.3. The minimum Gasteiger partial charge on any atom is -0.389 e. The Morgan fingerprint density at radius 1 is 1.37 bits per heavy atom. The Kier molecular flexibility index (Phi) is 5.76. The second-order valence-corrected chi connectivity index (χ2v) is 5.18. The monoisotopic (exact) mass is 267 g/mol. The average molecular weight is 267 g/mol. The maximum Gasteiger partial charge on any atom is 0.126 e. The molecule has 4 heteroatoms. The molecule has 0 saturated heterocycles. The van der Waals surface area contributed by atoms with Crippen LogP contribution in [0.15, 0.2) is 24.3 Å². The van der Waals surface area contributed by atoms with Gasteiger partial charge in [0.2, 0.25) is 0 Å². The molecule has 0 bridgehead atoms. The Labute approximate surface area is 113 Å². The fourth-order valence-corrected chi connectivity index (χ4v) is 1.91. The molecule has 1 saturated carbocycles. The summed E-state index contributed by atoms with van der Waals surface area (Å²) in [5.41, 5.74) is 0.703. The van der Waals surface area contributed by atoms with Gasteiger partial charge in [0.25, 0.3) is 0 Å². The Morgan fingerprint density at radius 3 is 2.89 bits per heavy atom. The first-order valence-corrected chi connectivity index (χ1v) is 6.95. The predicted octanol–water partition coefficient (Wildman–Crippen LogP) is 1.75. The van der Waals surface area contributed by atoms with Gasteiger partial charge in [0.05, 0.1) is 12.7 Å². The summed E-state index contributed by atoms with van der Waals surface area (Å²) in [6.07, 6.45) is 2.66. The summed E-state index contributed by atoms with van der Waals surface area (Å²) < 4.78 is 18.7. The molecule has 0 spiro atoms. The lowest BCUT2D eigenvalue weighted by Crippen LogP contribution is -2.32. The molecule has 1 aliphatic carbocycles. The molecule has 1 unspecified atom stereocenters. The van der Waals surface area contributed by atoms with Crippen LogP contribution < -0.4 is 5.32 Å². The van der Waals surface area contributed by atoms with Gasteiger partial charge < -0.3 is 15.2 Å². The minimum absolute atomic E-state index is 0.169.